The Bertz CT molecular complexity index is 628. The molecule has 4 heteroatoms. The van der Waals surface area contributed by atoms with Crippen LogP contribution in [0.3, 0.4) is 0 Å². The molecule has 0 unspecified atom stereocenters. The van der Waals surface area contributed by atoms with Crippen LogP contribution in [0.25, 0.3) is 11.1 Å². The van der Waals surface area contributed by atoms with E-state index < -0.39 is 0 Å². The highest BCUT2D eigenvalue weighted by atomic mass is 35.5. The van der Waals surface area contributed by atoms with Gasteiger partial charge in [-0.3, -0.25) is 0 Å². The molecule has 20 heavy (non-hydrogen) atoms. The Kier molecular flexibility index (Phi) is 3.81. The van der Waals surface area contributed by atoms with Gasteiger partial charge in [0.1, 0.15) is 13.2 Å². The lowest BCUT2D eigenvalue weighted by Crippen LogP contribution is -2.15. The summed E-state index contributed by atoms with van der Waals surface area (Å²) in [7, 11) is 1.93. The average Bonchev–Trinajstić information content (AvgIpc) is 2.49. The molecule has 0 fully saturated rings. The maximum Gasteiger partial charge on any atom is 0.161 e. The number of ether oxygens (including phenoxy) is 2. The first-order valence-electron chi connectivity index (χ1n) is 6.61. The molecule has 0 bridgehead atoms. The number of benzene rings is 2. The van der Waals surface area contributed by atoms with E-state index in [9.17, 15) is 0 Å². The monoisotopic (exact) mass is 289 g/mol. The van der Waals surface area contributed by atoms with E-state index in [2.05, 4.69) is 5.32 Å². The van der Waals surface area contributed by atoms with Crippen molar-refractivity contribution in [3.63, 3.8) is 0 Å². The highest BCUT2D eigenvalue weighted by molar-refractivity contribution is 6.30. The lowest BCUT2D eigenvalue weighted by atomic mass is 9.99. The van der Waals surface area contributed by atoms with Gasteiger partial charge in [0.25, 0.3) is 0 Å². The van der Waals surface area contributed by atoms with Crippen LogP contribution in [0, 0.1) is 0 Å². The van der Waals surface area contributed by atoms with Crippen molar-refractivity contribution in [1.82, 2.24) is 5.32 Å². The topological polar surface area (TPSA) is 30.5 Å². The van der Waals surface area contributed by atoms with Gasteiger partial charge in [-0.15, -0.1) is 0 Å². The number of fused-ring (bicyclic) bond motifs is 1. The minimum atomic E-state index is 0.593. The lowest BCUT2D eigenvalue weighted by Gasteiger charge is -2.19. The average molecular weight is 290 g/mol. The molecule has 1 aliphatic rings. The van der Waals surface area contributed by atoms with Crippen molar-refractivity contribution in [1.29, 1.82) is 0 Å². The summed E-state index contributed by atoms with van der Waals surface area (Å²) in [6, 6.07) is 12.0. The molecule has 1 N–H and O–H groups in total. The first-order chi connectivity index (χ1) is 9.78. The lowest BCUT2D eigenvalue weighted by molar-refractivity contribution is 0.171. The highest BCUT2D eigenvalue weighted by Crippen LogP contribution is 2.36. The van der Waals surface area contributed by atoms with Crippen LogP contribution < -0.4 is 14.8 Å². The summed E-state index contributed by atoms with van der Waals surface area (Å²) in [6.07, 6.45) is 0. The Hall–Kier alpha value is -1.71. The molecule has 0 saturated carbocycles. The Morgan fingerprint density at radius 1 is 1.05 bits per heavy atom. The van der Waals surface area contributed by atoms with Crippen LogP contribution >= 0.6 is 11.6 Å². The van der Waals surface area contributed by atoms with Crippen molar-refractivity contribution in [2.24, 2.45) is 0 Å². The molecule has 1 aliphatic heterocycles. The molecule has 3 nitrogen and oxygen atoms in total. The second kappa shape index (κ2) is 5.73. The molecule has 2 aromatic rings. The summed E-state index contributed by atoms with van der Waals surface area (Å²) in [5.74, 6) is 1.60. The number of nitrogens with one attached hydrogen (secondary N) is 1. The molecule has 0 spiro atoms. The molecule has 0 aromatic heterocycles. The van der Waals surface area contributed by atoms with Gasteiger partial charge in [0, 0.05) is 11.6 Å². The second-order valence-electron chi connectivity index (χ2n) is 4.69. The third-order valence-corrected chi connectivity index (χ3v) is 3.53. The summed E-state index contributed by atoms with van der Waals surface area (Å²) in [4.78, 5) is 0. The van der Waals surface area contributed by atoms with Crippen LogP contribution in [0.4, 0.5) is 0 Å². The smallest absolute Gasteiger partial charge is 0.161 e. The van der Waals surface area contributed by atoms with Crippen molar-refractivity contribution >= 4 is 11.6 Å². The largest absolute Gasteiger partial charge is 0.486 e. The zero-order valence-corrected chi connectivity index (χ0v) is 12.0. The zero-order chi connectivity index (χ0) is 13.9. The first-order valence-corrected chi connectivity index (χ1v) is 6.99. The van der Waals surface area contributed by atoms with Gasteiger partial charge in [0.05, 0.1) is 0 Å². The zero-order valence-electron chi connectivity index (χ0n) is 11.3. The van der Waals surface area contributed by atoms with E-state index in [4.69, 9.17) is 21.1 Å². The van der Waals surface area contributed by atoms with Crippen molar-refractivity contribution in [2.45, 2.75) is 6.54 Å². The van der Waals surface area contributed by atoms with E-state index in [0.717, 1.165) is 34.2 Å². The molecular formula is C16H16ClNO2. The Labute approximate surface area is 123 Å². The van der Waals surface area contributed by atoms with Gasteiger partial charge >= 0.3 is 0 Å². The summed E-state index contributed by atoms with van der Waals surface area (Å²) in [5.41, 5.74) is 3.40. The van der Waals surface area contributed by atoms with Gasteiger partial charge in [-0.1, -0.05) is 23.7 Å². The maximum atomic E-state index is 6.13. The third-order valence-electron chi connectivity index (χ3n) is 3.29. The van der Waals surface area contributed by atoms with Crippen molar-refractivity contribution in [3.8, 4) is 22.6 Å². The van der Waals surface area contributed by atoms with Crippen LogP contribution in [0.15, 0.2) is 36.4 Å². The number of halogens is 1. The van der Waals surface area contributed by atoms with Gasteiger partial charge in [0.15, 0.2) is 11.5 Å². The normalized spacial score (nSPS) is 13.3. The molecule has 2 aromatic carbocycles. The van der Waals surface area contributed by atoms with Crippen molar-refractivity contribution < 1.29 is 9.47 Å². The summed E-state index contributed by atoms with van der Waals surface area (Å²) in [6.45, 7) is 1.99. The van der Waals surface area contributed by atoms with Crippen LogP contribution in [0.2, 0.25) is 5.02 Å². The fourth-order valence-electron chi connectivity index (χ4n) is 2.37. The molecule has 104 valence electrons. The van der Waals surface area contributed by atoms with E-state index in [1.54, 1.807) is 0 Å². The van der Waals surface area contributed by atoms with Crippen LogP contribution in [-0.4, -0.2) is 20.3 Å². The predicted octanol–water partition coefficient (Wildman–Crippen LogP) is 3.50. The SMILES string of the molecule is CNCc1ccc(Cl)cc1-c1ccc2c(c1)OCCO2. The molecular weight excluding hydrogens is 274 g/mol. The molecule has 3 rings (SSSR count). The van der Waals surface area contributed by atoms with Crippen molar-refractivity contribution in [3.05, 3.63) is 47.0 Å². The molecule has 0 aliphatic carbocycles. The fourth-order valence-corrected chi connectivity index (χ4v) is 2.55. The van der Waals surface area contributed by atoms with E-state index in [-0.39, 0.29) is 0 Å². The van der Waals surface area contributed by atoms with E-state index in [1.807, 2.05) is 43.4 Å². The van der Waals surface area contributed by atoms with Crippen LogP contribution in [-0.2, 0) is 6.54 Å². The Morgan fingerprint density at radius 3 is 2.65 bits per heavy atom. The van der Waals surface area contributed by atoms with Crippen LogP contribution in [0.5, 0.6) is 11.5 Å². The van der Waals surface area contributed by atoms with Crippen LogP contribution in [0.1, 0.15) is 5.56 Å². The van der Waals surface area contributed by atoms with E-state index in [0.29, 0.717) is 13.2 Å². The van der Waals surface area contributed by atoms with E-state index in [1.165, 1.54) is 5.56 Å². The minimum Gasteiger partial charge on any atom is -0.486 e. The number of rotatable bonds is 3. The molecule has 0 saturated heterocycles. The highest BCUT2D eigenvalue weighted by Gasteiger charge is 2.14. The standard InChI is InChI=1S/C16H16ClNO2/c1-18-10-12-2-4-13(17)9-14(12)11-3-5-15-16(8-11)20-7-6-19-15/h2-5,8-9,18H,6-7,10H2,1H3. The fraction of sp³-hybridized carbons (Fsp3) is 0.250. The van der Waals surface area contributed by atoms with Gasteiger partial charge in [0.2, 0.25) is 0 Å². The molecule has 0 amide bonds. The van der Waals surface area contributed by atoms with Gasteiger partial charge in [-0.2, -0.15) is 0 Å². The Morgan fingerprint density at radius 2 is 1.85 bits per heavy atom. The third kappa shape index (κ3) is 2.60. The van der Waals surface area contributed by atoms with Crippen molar-refractivity contribution in [2.75, 3.05) is 20.3 Å². The quantitative estimate of drug-likeness (QED) is 0.938. The summed E-state index contributed by atoms with van der Waals surface area (Å²) in [5, 5.41) is 3.91. The molecule has 0 radical (unpaired) electrons. The maximum absolute atomic E-state index is 6.13. The predicted molar refractivity (Wildman–Crippen MR) is 80.6 cm³/mol. The molecule has 0 atom stereocenters. The van der Waals surface area contributed by atoms with Gasteiger partial charge in [-0.25, -0.2) is 0 Å². The second-order valence-corrected chi connectivity index (χ2v) is 5.13. The Balaban J connectivity index is 2.05. The number of hydrogen-bond donors (Lipinski definition) is 1. The number of hydrogen-bond acceptors (Lipinski definition) is 3. The molecule has 1 heterocycles. The van der Waals surface area contributed by atoms with E-state index >= 15 is 0 Å². The minimum absolute atomic E-state index is 0.593. The summed E-state index contributed by atoms with van der Waals surface area (Å²) < 4.78 is 11.2. The van der Waals surface area contributed by atoms with Gasteiger partial charge < -0.3 is 14.8 Å². The first kappa shape index (κ1) is 13.3. The summed E-state index contributed by atoms with van der Waals surface area (Å²) >= 11 is 6.13. The van der Waals surface area contributed by atoms with Gasteiger partial charge in [-0.05, 0) is 48.0 Å².